The predicted octanol–water partition coefficient (Wildman–Crippen LogP) is 5.62. The Labute approximate surface area is 183 Å². The van der Waals surface area contributed by atoms with E-state index < -0.39 is 4.92 Å². The van der Waals surface area contributed by atoms with E-state index >= 15 is 0 Å². The molecule has 156 valence electrons. The van der Waals surface area contributed by atoms with Crippen LogP contribution in [0.4, 0.5) is 11.4 Å². The third-order valence-electron chi connectivity index (χ3n) is 4.82. The average molecular weight is 433 g/mol. The Hall–Kier alpha value is -3.65. The minimum atomic E-state index is -0.416. The molecule has 3 aromatic rings. The molecule has 1 aliphatic heterocycles. The van der Waals surface area contributed by atoms with E-state index in [4.69, 9.17) is 4.42 Å². The molecule has 0 radical (unpaired) electrons. The van der Waals surface area contributed by atoms with Crippen molar-refractivity contribution in [3.63, 3.8) is 0 Å². The van der Waals surface area contributed by atoms with Gasteiger partial charge in [-0.25, -0.2) is 4.99 Å². The molecule has 0 aliphatic carbocycles. The van der Waals surface area contributed by atoms with Gasteiger partial charge in [-0.15, -0.1) is 0 Å². The van der Waals surface area contributed by atoms with E-state index in [-0.39, 0.29) is 11.6 Å². The van der Waals surface area contributed by atoms with Crippen molar-refractivity contribution >= 4 is 40.3 Å². The fourth-order valence-corrected chi connectivity index (χ4v) is 3.90. The highest BCUT2D eigenvalue weighted by Gasteiger charge is 2.24. The summed E-state index contributed by atoms with van der Waals surface area (Å²) in [6.45, 7) is 3.78. The van der Waals surface area contributed by atoms with Gasteiger partial charge in [0.25, 0.3) is 11.6 Å². The van der Waals surface area contributed by atoms with Crippen molar-refractivity contribution in [1.82, 2.24) is 5.32 Å². The summed E-state index contributed by atoms with van der Waals surface area (Å²) in [4.78, 5) is 28.0. The van der Waals surface area contributed by atoms with Crippen molar-refractivity contribution in [3.8, 4) is 11.3 Å². The highest BCUT2D eigenvalue weighted by Crippen LogP contribution is 2.31. The quantitative estimate of drug-likeness (QED) is 0.320. The maximum absolute atomic E-state index is 12.3. The van der Waals surface area contributed by atoms with Crippen molar-refractivity contribution in [1.29, 1.82) is 0 Å². The summed E-state index contributed by atoms with van der Waals surface area (Å²) in [5, 5.41) is 14.4. The van der Waals surface area contributed by atoms with Crippen LogP contribution in [0.5, 0.6) is 0 Å². The van der Waals surface area contributed by atoms with Gasteiger partial charge in [0.05, 0.1) is 15.5 Å². The van der Waals surface area contributed by atoms with Gasteiger partial charge in [-0.05, 0) is 54.9 Å². The molecule has 1 aromatic heterocycles. The van der Waals surface area contributed by atoms with Gasteiger partial charge < -0.3 is 9.73 Å². The summed E-state index contributed by atoms with van der Waals surface area (Å²) >= 11 is 1.23. The van der Waals surface area contributed by atoms with Crippen LogP contribution in [0.25, 0.3) is 17.4 Å². The number of aliphatic imine (C=N–C) groups is 1. The van der Waals surface area contributed by atoms with E-state index in [2.05, 4.69) is 17.2 Å². The molecule has 0 spiro atoms. The summed E-state index contributed by atoms with van der Waals surface area (Å²) < 4.78 is 5.80. The second-order valence-corrected chi connectivity index (χ2v) is 7.99. The molecule has 0 atom stereocenters. The van der Waals surface area contributed by atoms with Crippen LogP contribution in [-0.2, 0) is 11.2 Å². The first-order valence-corrected chi connectivity index (χ1v) is 10.5. The van der Waals surface area contributed by atoms with Crippen LogP contribution in [0.1, 0.15) is 23.8 Å². The van der Waals surface area contributed by atoms with Crippen LogP contribution in [0.15, 0.2) is 68.9 Å². The predicted molar refractivity (Wildman–Crippen MR) is 122 cm³/mol. The SMILES string of the molecule is CCc1ccc(N=C2NC(=O)/C(=C/c3ccc(-c4ccc(C)c([N+](=O)[O-])c4)o3)S2)cc1. The fourth-order valence-electron chi connectivity index (χ4n) is 3.08. The molecular formula is C23H19N3O4S. The molecule has 1 amide bonds. The van der Waals surface area contributed by atoms with Crippen molar-refractivity contribution in [2.24, 2.45) is 4.99 Å². The number of rotatable bonds is 5. The van der Waals surface area contributed by atoms with Crippen LogP contribution < -0.4 is 5.32 Å². The minimum Gasteiger partial charge on any atom is -0.457 e. The number of nitro groups is 1. The molecule has 2 aromatic carbocycles. The first kappa shape index (κ1) is 20.6. The summed E-state index contributed by atoms with van der Waals surface area (Å²) in [5.41, 5.74) is 3.20. The van der Waals surface area contributed by atoms with Crippen LogP contribution in [-0.4, -0.2) is 16.0 Å². The van der Waals surface area contributed by atoms with Gasteiger partial charge in [0, 0.05) is 23.3 Å². The Morgan fingerprint density at radius 3 is 2.65 bits per heavy atom. The van der Waals surface area contributed by atoms with E-state index in [1.165, 1.54) is 23.4 Å². The zero-order chi connectivity index (χ0) is 22.0. The van der Waals surface area contributed by atoms with Crippen molar-refractivity contribution in [2.45, 2.75) is 20.3 Å². The van der Waals surface area contributed by atoms with Gasteiger partial charge in [0.15, 0.2) is 5.17 Å². The Morgan fingerprint density at radius 2 is 1.94 bits per heavy atom. The minimum absolute atomic E-state index is 0.0346. The van der Waals surface area contributed by atoms with E-state index in [9.17, 15) is 14.9 Å². The number of thioether (sulfide) groups is 1. The third kappa shape index (κ3) is 4.59. The van der Waals surface area contributed by atoms with Crippen molar-refractivity contribution < 1.29 is 14.1 Å². The maximum Gasteiger partial charge on any atom is 0.273 e. The lowest BCUT2D eigenvalue weighted by atomic mass is 10.1. The normalized spacial score (nSPS) is 16.1. The number of hydrogen-bond donors (Lipinski definition) is 1. The highest BCUT2D eigenvalue weighted by atomic mass is 32.2. The van der Waals surface area contributed by atoms with Gasteiger partial charge in [0.1, 0.15) is 11.5 Å². The summed E-state index contributed by atoms with van der Waals surface area (Å²) in [7, 11) is 0. The molecular weight excluding hydrogens is 414 g/mol. The number of nitrogens with one attached hydrogen (secondary N) is 1. The molecule has 1 fully saturated rings. The van der Waals surface area contributed by atoms with E-state index in [0.717, 1.165) is 12.1 Å². The van der Waals surface area contributed by atoms with Gasteiger partial charge in [-0.3, -0.25) is 14.9 Å². The number of benzene rings is 2. The molecule has 0 saturated carbocycles. The van der Waals surface area contributed by atoms with Crippen LogP contribution >= 0.6 is 11.8 Å². The number of aryl methyl sites for hydroxylation is 2. The number of hydrogen-bond acceptors (Lipinski definition) is 6. The molecule has 1 N–H and O–H groups in total. The Bertz CT molecular complexity index is 1230. The van der Waals surface area contributed by atoms with Crippen LogP contribution in [0.2, 0.25) is 0 Å². The zero-order valence-electron chi connectivity index (χ0n) is 16.9. The number of nitro benzene ring substituents is 1. The molecule has 4 rings (SSSR count). The summed E-state index contributed by atoms with van der Waals surface area (Å²) in [6.07, 6.45) is 2.59. The topological polar surface area (TPSA) is 97.7 Å². The zero-order valence-corrected chi connectivity index (χ0v) is 17.7. The number of nitrogens with zero attached hydrogens (tertiary/aromatic N) is 2. The van der Waals surface area contributed by atoms with Gasteiger partial charge >= 0.3 is 0 Å². The Balaban J connectivity index is 1.54. The van der Waals surface area contributed by atoms with Crippen molar-refractivity contribution in [3.05, 3.63) is 86.5 Å². The Morgan fingerprint density at radius 1 is 1.16 bits per heavy atom. The second kappa shape index (κ2) is 8.61. The molecule has 1 saturated heterocycles. The van der Waals surface area contributed by atoms with E-state index in [1.807, 2.05) is 24.3 Å². The monoisotopic (exact) mass is 433 g/mol. The van der Waals surface area contributed by atoms with E-state index in [1.54, 1.807) is 37.3 Å². The molecule has 2 heterocycles. The highest BCUT2D eigenvalue weighted by molar-refractivity contribution is 8.18. The third-order valence-corrected chi connectivity index (χ3v) is 5.73. The van der Waals surface area contributed by atoms with Gasteiger partial charge in [0.2, 0.25) is 0 Å². The fraction of sp³-hybridized carbons (Fsp3) is 0.130. The molecule has 0 unspecified atom stereocenters. The van der Waals surface area contributed by atoms with Gasteiger partial charge in [-0.1, -0.05) is 31.2 Å². The number of carbonyl (C=O) groups excluding carboxylic acids is 1. The summed E-state index contributed by atoms with van der Waals surface area (Å²) in [5.74, 6) is 0.713. The Kier molecular flexibility index (Phi) is 5.73. The molecule has 0 bridgehead atoms. The first-order valence-electron chi connectivity index (χ1n) is 9.66. The smallest absolute Gasteiger partial charge is 0.273 e. The lowest BCUT2D eigenvalue weighted by Gasteiger charge is -2.00. The van der Waals surface area contributed by atoms with Gasteiger partial charge in [-0.2, -0.15) is 0 Å². The van der Waals surface area contributed by atoms with Crippen LogP contribution in [0.3, 0.4) is 0 Å². The number of amides is 1. The number of amidine groups is 1. The average Bonchev–Trinajstić information content (AvgIpc) is 3.35. The molecule has 8 heteroatoms. The summed E-state index contributed by atoms with van der Waals surface area (Å²) in [6, 6.07) is 16.2. The number of furan rings is 1. The number of carbonyl (C=O) groups is 1. The van der Waals surface area contributed by atoms with Crippen LogP contribution in [0, 0.1) is 17.0 Å². The largest absolute Gasteiger partial charge is 0.457 e. The first-order chi connectivity index (χ1) is 14.9. The molecule has 1 aliphatic rings. The standard InChI is InChI=1S/C23H19N3O4S/c1-3-15-5-8-17(9-6-15)24-23-25-22(27)21(31-23)13-18-10-11-20(30-18)16-7-4-14(2)19(12-16)26(28)29/h4-13H,3H2,1-2H3,(H,24,25,27)/b21-13-. The lowest BCUT2D eigenvalue weighted by Crippen LogP contribution is -2.19. The lowest BCUT2D eigenvalue weighted by molar-refractivity contribution is -0.385. The van der Waals surface area contributed by atoms with E-state index in [0.29, 0.717) is 32.7 Å². The maximum atomic E-state index is 12.3. The molecule has 7 nitrogen and oxygen atoms in total. The molecule has 31 heavy (non-hydrogen) atoms. The second-order valence-electron chi connectivity index (χ2n) is 6.96. The van der Waals surface area contributed by atoms with Crippen molar-refractivity contribution in [2.75, 3.05) is 0 Å².